The molecule has 0 saturated carbocycles. The number of hydrogen-bond acceptors (Lipinski definition) is 2. The van der Waals surface area contributed by atoms with E-state index in [2.05, 4.69) is 22.6 Å². The molecule has 104 valence electrons. The standard InChI is InChI=1S/C14H17IO4/c1-13(2,11(16)17)9-6-5-8(15)7-10(9)14(3,4)12(18)19/h5-7H,1-4H3,(H,16,17)(H,18,19). The van der Waals surface area contributed by atoms with Gasteiger partial charge in [-0.1, -0.05) is 6.07 Å². The van der Waals surface area contributed by atoms with Gasteiger partial charge in [-0.2, -0.15) is 0 Å². The molecule has 2 N–H and O–H groups in total. The van der Waals surface area contributed by atoms with E-state index >= 15 is 0 Å². The quantitative estimate of drug-likeness (QED) is 0.793. The van der Waals surface area contributed by atoms with E-state index in [9.17, 15) is 19.8 Å². The molecule has 0 atom stereocenters. The molecule has 0 heterocycles. The van der Waals surface area contributed by atoms with Gasteiger partial charge in [0.15, 0.2) is 0 Å². The summed E-state index contributed by atoms with van der Waals surface area (Å²) >= 11 is 2.09. The number of carboxylic acid groups (broad SMARTS) is 2. The number of rotatable bonds is 4. The number of benzene rings is 1. The Labute approximate surface area is 126 Å². The maximum absolute atomic E-state index is 11.4. The maximum Gasteiger partial charge on any atom is 0.313 e. The van der Waals surface area contributed by atoms with Gasteiger partial charge in [-0.25, -0.2) is 0 Å². The third-order valence-corrected chi connectivity index (χ3v) is 4.07. The first kappa shape index (κ1) is 15.9. The van der Waals surface area contributed by atoms with Crippen molar-refractivity contribution < 1.29 is 19.8 Å². The van der Waals surface area contributed by atoms with Crippen LogP contribution in [-0.4, -0.2) is 22.2 Å². The van der Waals surface area contributed by atoms with Crippen molar-refractivity contribution in [2.75, 3.05) is 0 Å². The molecule has 0 saturated heterocycles. The van der Waals surface area contributed by atoms with Crippen molar-refractivity contribution in [3.05, 3.63) is 32.9 Å². The van der Waals surface area contributed by atoms with Gasteiger partial charge in [-0.15, -0.1) is 0 Å². The SMILES string of the molecule is CC(C)(C(=O)O)c1ccc(I)cc1C(C)(C)C(=O)O. The molecule has 0 aliphatic carbocycles. The summed E-state index contributed by atoms with van der Waals surface area (Å²) in [5.41, 5.74) is -1.19. The Morgan fingerprint density at radius 2 is 1.37 bits per heavy atom. The first-order chi connectivity index (χ1) is 8.51. The van der Waals surface area contributed by atoms with Crippen LogP contribution in [-0.2, 0) is 20.4 Å². The lowest BCUT2D eigenvalue weighted by Gasteiger charge is -2.29. The monoisotopic (exact) mass is 376 g/mol. The summed E-state index contributed by atoms with van der Waals surface area (Å²) < 4.78 is 0.881. The molecule has 1 aromatic carbocycles. The average Bonchev–Trinajstić information content (AvgIpc) is 2.27. The molecule has 4 nitrogen and oxygen atoms in total. The van der Waals surface area contributed by atoms with E-state index in [1.54, 1.807) is 45.9 Å². The van der Waals surface area contributed by atoms with Gasteiger partial charge in [0.1, 0.15) is 0 Å². The molecular weight excluding hydrogens is 359 g/mol. The van der Waals surface area contributed by atoms with Gasteiger partial charge in [-0.3, -0.25) is 9.59 Å². The van der Waals surface area contributed by atoms with Crippen LogP contribution in [0.1, 0.15) is 38.8 Å². The second kappa shape index (κ2) is 5.11. The molecule has 1 aromatic rings. The molecule has 0 unspecified atom stereocenters. The molecule has 5 heteroatoms. The number of carboxylic acids is 2. The van der Waals surface area contributed by atoms with Crippen LogP contribution in [0.3, 0.4) is 0 Å². The lowest BCUT2D eigenvalue weighted by atomic mass is 9.73. The van der Waals surface area contributed by atoms with E-state index in [4.69, 9.17) is 0 Å². The summed E-state index contributed by atoms with van der Waals surface area (Å²) in [6, 6.07) is 5.24. The minimum Gasteiger partial charge on any atom is -0.481 e. The van der Waals surface area contributed by atoms with E-state index in [0.717, 1.165) is 3.57 Å². The van der Waals surface area contributed by atoms with Crippen molar-refractivity contribution in [1.82, 2.24) is 0 Å². The second-order valence-corrected chi connectivity index (χ2v) is 6.80. The highest BCUT2D eigenvalue weighted by Crippen LogP contribution is 2.35. The van der Waals surface area contributed by atoms with Crippen LogP contribution in [0.25, 0.3) is 0 Å². The molecule has 0 amide bonds. The summed E-state index contributed by atoms with van der Waals surface area (Å²) in [7, 11) is 0. The molecule has 0 aliphatic rings. The van der Waals surface area contributed by atoms with Crippen molar-refractivity contribution in [3.63, 3.8) is 0 Å². The molecule has 0 aromatic heterocycles. The predicted molar refractivity (Wildman–Crippen MR) is 80.5 cm³/mol. The van der Waals surface area contributed by atoms with Gasteiger partial charge >= 0.3 is 11.9 Å². The van der Waals surface area contributed by atoms with Crippen molar-refractivity contribution >= 4 is 34.5 Å². The first-order valence-corrected chi connectivity index (χ1v) is 6.86. The van der Waals surface area contributed by atoms with Crippen LogP contribution in [0.4, 0.5) is 0 Å². The van der Waals surface area contributed by atoms with Crippen LogP contribution < -0.4 is 0 Å². The number of hydrogen-bond donors (Lipinski definition) is 2. The van der Waals surface area contributed by atoms with E-state index in [-0.39, 0.29) is 0 Å². The van der Waals surface area contributed by atoms with Crippen LogP contribution in [0.5, 0.6) is 0 Å². The molecule has 0 spiro atoms. The van der Waals surface area contributed by atoms with Crippen molar-refractivity contribution in [3.8, 4) is 0 Å². The number of carbonyl (C=O) groups is 2. The van der Waals surface area contributed by atoms with Crippen molar-refractivity contribution in [2.24, 2.45) is 0 Å². The van der Waals surface area contributed by atoms with E-state index < -0.39 is 22.8 Å². The first-order valence-electron chi connectivity index (χ1n) is 5.78. The summed E-state index contributed by atoms with van der Waals surface area (Å²) in [6.07, 6.45) is 0. The fraction of sp³-hybridized carbons (Fsp3) is 0.429. The summed E-state index contributed by atoms with van der Waals surface area (Å²) in [6.45, 7) is 6.34. The third kappa shape index (κ3) is 2.91. The maximum atomic E-state index is 11.4. The topological polar surface area (TPSA) is 74.6 Å². The predicted octanol–water partition coefficient (Wildman–Crippen LogP) is 3.02. The smallest absolute Gasteiger partial charge is 0.313 e. The molecule has 1 rings (SSSR count). The Morgan fingerprint density at radius 3 is 1.79 bits per heavy atom. The molecule has 0 radical (unpaired) electrons. The highest BCUT2D eigenvalue weighted by Gasteiger charge is 2.39. The minimum atomic E-state index is -1.14. The molecular formula is C14H17IO4. The lowest BCUT2D eigenvalue weighted by molar-refractivity contribution is -0.144. The highest BCUT2D eigenvalue weighted by molar-refractivity contribution is 14.1. The van der Waals surface area contributed by atoms with Crippen LogP contribution in [0, 0.1) is 3.57 Å². The zero-order chi connectivity index (χ0) is 15.0. The largest absolute Gasteiger partial charge is 0.481 e. The fourth-order valence-corrected chi connectivity index (χ4v) is 2.30. The Morgan fingerprint density at radius 1 is 0.947 bits per heavy atom. The summed E-state index contributed by atoms with van der Waals surface area (Å²) in [5, 5.41) is 18.7. The molecule has 0 fully saturated rings. The van der Waals surface area contributed by atoms with Gasteiger partial charge in [0.05, 0.1) is 10.8 Å². The minimum absolute atomic E-state index is 0.535. The average molecular weight is 376 g/mol. The lowest BCUT2D eigenvalue weighted by Crippen LogP contribution is -2.36. The Hall–Kier alpha value is -1.11. The Bertz CT molecular complexity index is 532. The van der Waals surface area contributed by atoms with Gasteiger partial charge in [0.2, 0.25) is 0 Å². The van der Waals surface area contributed by atoms with E-state index in [1.165, 1.54) is 0 Å². The Balaban J connectivity index is 3.60. The van der Waals surface area contributed by atoms with Gasteiger partial charge in [0.25, 0.3) is 0 Å². The molecule has 19 heavy (non-hydrogen) atoms. The normalized spacial score (nSPS) is 12.3. The van der Waals surface area contributed by atoms with Gasteiger partial charge in [-0.05, 0) is 73.5 Å². The highest BCUT2D eigenvalue weighted by atomic mass is 127. The van der Waals surface area contributed by atoms with E-state index in [1.807, 2.05) is 0 Å². The zero-order valence-electron chi connectivity index (χ0n) is 11.3. The van der Waals surface area contributed by atoms with E-state index in [0.29, 0.717) is 11.1 Å². The van der Waals surface area contributed by atoms with Crippen LogP contribution in [0.2, 0.25) is 0 Å². The fourth-order valence-electron chi connectivity index (χ4n) is 1.81. The third-order valence-electron chi connectivity index (χ3n) is 3.40. The van der Waals surface area contributed by atoms with Gasteiger partial charge in [0, 0.05) is 3.57 Å². The number of halogens is 1. The zero-order valence-corrected chi connectivity index (χ0v) is 13.5. The number of aliphatic carboxylic acids is 2. The van der Waals surface area contributed by atoms with Crippen molar-refractivity contribution in [2.45, 2.75) is 38.5 Å². The summed E-state index contributed by atoms with van der Waals surface area (Å²) in [4.78, 5) is 22.8. The Kier molecular flexibility index (Phi) is 4.29. The van der Waals surface area contributed by atoms with Crippen molar-refractivity contribution in [1.29, 1.82) is 0 Å². The van der Waals surface area contributed by atoms with Gasteiger partial charge < -0.3 is 10.2 Å². The summed E-state index contributed by atoms with van der Waals surface area (Å²) in [5.74, 6) is -1.95. The molecule has 0 bridgehead atoms. The second-order valence-electron chi connectivity index (χ2n) is 5.55. The van der Waals surface area contributed by atoms with Crippen LogP contribution in [0.15, 0.2) is 18.2 Å². The van der Waals surface area contributed by atoms with Crippen LogP contribution >= 0.6 is 22.6 Å². The molecule has 0 aliphatic heterocycles.